The molecule has 6 heteroatoms. The maximum Gasteiger partial charge on any atom is 0.341 e. The Balaban J connectivity index is 1.78. The lowest BCUT2D eigenvalue weighted by atomic mass is 9.93. The summed E-state index contributed by atoms with van der Waals surface area (Å²) in [5.41, 5.74) is 1.31. The molecule has 0 saturated heterocycles. The van der Waals surface area contributed by atoms with E-state index in [-0.39, 0.29) is 17.9 Å². The molecule has 1 N–H and O–H groups in total. The first kappa shape index (κ1) is 15.5. The van der Waals surface area contributed by atoms with Gasteiger partial charge in [0.1, 0.15) is 5.75 Å². The fourth-order valence-corrected chi connectivity index (χ4v) is 2.93. The summed E-state index contributed by atoms with van der Waals surface area (Å²) in [5.74, 6) is -0.809. The van der Waals surface area contributed by atoms with E-state index >= 15 is 0 Å². The van der Waals surface area contributed by atoms with Crippen molar-refractivity contribution in [1.29, 1.82) is 0 Å². The van der Waals surface area contributed by atoms with Gasteiger partial charge in [-0.15, -0.1) is 0 Å². The van der Waals surface area contributed by atoms with E-state index in [1.54, 1.807) is 49.6 Å². The first-order chi connectivity index (χ1) is 12.0. The highest BCUT2D eigenvalue weighted by atomic mass is 16.7. The van der Waals surface area contributed by atoms with Crippen molar-refractivity contribution < 1.29 is 28.8 Å². The molecule has 1 radical (unpaired) electrons. The van der Waals surface area contributed by atoms with Gasteiger partial charge in [-0.05, 0) is 48.9 Å². The van der Waals surface area contributed by atoms with Gasteiger partial charge < -0.3 is 24.1 Å². The number of hydrogen-bond acceptors (Lipinski definition) is 6. The van der Waals surface area contributed by atoms with Gasteiger partial charge in [0.05, 0.1) is 12.7 Å². The number of rotatable bonds is 3. The van der Waals surface area contributed by atoms with E-state index in [1.165, 1.54) is 0 Å². The molecule has 25 heavy (non-hydrogen) atoms. The number of methoxy groups -OCH3 is 1. The fourth-order valence-electron chi connectivity index (χ4n) is 2.93. The molecule has 0 aromatic heterocycles. The summed E-state index contributed by atoms with van der Waals surface area (Å²) in [6.07, 6.45) is 0. The maximum atomic E-state index is 12.4. The summed E-state index contributed by atoms with van der Waals surface area (Å²) < 4.78 is 21.0. The molecule has 6 nitrogen and oxygen atoms in total. The average Bonchev–Trinajstić information content (AvgIpc) is 3.17. The largest absolute Gasteiger partial charge is 0.497 e. The third-order valence-electron chi connectivity index (χ3n) is 4.30. The van der Waals surface area contributed by atoms with Crippen LogP contribution in [0.2, 0.25) is 0 Å². The average molecular weight is 339 g/mol. The van der Waals surface area contributed by atoms with Gasteiger partial charge in [0.25, 0.3) is 5.79 Å². The minimum atomic E-state index is -1.92. The standard InChI is InChI=1S/C19H15O6/c1-11-17(12-3-8-15-16(9-12)24-10-23-15)18(20)25-19(11,21)13-4-6-14(22-2)7-5-13/h3-9,21H,1,10H2,2H3. The molecule has 0 fully saturated rings. The van der Waals surface area contributed by atoms with Gasteiger partial charge in [0.2, 0.25) is 6.79 Å². The van der Waals surface area contributed by atoms with Gasteiger partial charge in [0, 0.05) is 11.1 Å². The number of aliphatic hydroxyl groups is 1. The van der Waals surface area contributed by atoms with E-state index in [9.17, 15) is 9.90 Å². The molecular formula is C19H15O6. The predicted octanol–water partition coefficient (Wildman–Crippen LogP) is 2.41. The second-order valence-corrected chi connectivity index (χ2v) is 5.68. The molecule has 1 atom stereocenters. The zero-order valence-corrected chi connectivity index (χ0v) is 13.4. The van der Waals surface area contributed by atoms with Crippen molar-refractivity contribution in [1.82, 2.24) is 0 Å². The number of hydrogen-bond donors (Lipinski definition) is 1. The van der Waals surface area contributed by atoms with Crippen molar-refractivity contribution in [3.63, 3.8) is 0 Å². The van der Waals surface area contributed by atoms with Crippen LogP contribution in [0.15, 0.2) is 48.0 Å². The van der Waals surface area contributed by atoms with E-state index in [2.05, 4.69) is 6.92 Å². The summed E-state index contributed by atoms with van der Waals surface area (Å²) in [6.45, 7) is 4.03. The zero-order chi connectivity index (χ0) is 17.6. The molecule has 2 aromatic rings. The zero-order valence-electron chi connectivity index (χ0n) is 13.4. The predicted molar refractivity (Wildman–Crippen MR) is 87.8 cm³/mol. The van der Waals surface area contributed by atoms with Crippen molar-refractivity contribution in [2.75, 3.05) is 13.9 Å². The van der Waals surface area contributed by atoms with Crippen LogP contribution in [0.3, 0.4) is 0 Å². The molecule has 2 heterocycles. The van der Waals surface area contributed by atoms with Gasteiger partial charge in [0.15, 0.2) is 11.5 Å². The summed E-state index contributed by atoms with van der Waals surface area (Å²) in [5, 5.41) is 10.9. The van der Waals surface area contributed by atoms with Crippen LogP contribution in [0, 0.1) is 6.92 Å². The lowest BCUT2D eigenvalue weighted by Crippen LogP contribution is -2.27. The second-order valence-electron chi connectivity index (χ2n) is 5.68. The Morgan fingerprint density at radius 3 is 2.56 bits per heavy atom. The number of cyclic esters (lactones) is 1. The van der Waals surface area contributed by atoms with Crippen LogP contribution in [0.1, 0.15) is 11.1 Å². The van der Waals surface area contributed by atoms with E-state index in [4.69, 9.17) is 18.9 Å². The van der Waals surface area contributed by atoms with Crippen LogP contribution in [0.5, 0.6) is 17.2 Å². The van der Waals surface area contributed by atoms with Crippen molar-refractivity contribution in [3.8, 4) is 17.2 Å². The van der Waals surface area contributed by atoms with Crippen molar-refractivity contribution in [2.24, 2.45) is 0 Å². The molecule has 1 unspecified atom stereocenters. The number of fused-ring (bicyclic) bond motifs is 1. The molecule has 0 amide bonds. The molecule has 4 rings (SSSR count). The Morgan fingerprint density at radius 1 is 1.12 bits per heavy atom. The van der Waals surface area contributed by atoms with Gasteiger partial charge in [-0.3, -0.25) is 0 Å². The molecule has 0 aliphatic carbocycles. The SMILES string of the molecule is [CH2]C1=C(c2ccc3c(c2)OCO3)C(=O)OC1(O)c1ccc(OC)cc1. The van der Waals surface area contributed by atoms with Crippen LogP contribution in [-0.4, -0.2) is 25.0 Å². The molecule has 2 aliphatic rings. The number of benzene rings is 2. The normalized spacial score (nSPS) is 21.5. The molecule has 0 bridgehead atoms. The highest BCUT2D eigenvalue weighted by Gasteiger charge is 2.46. The quantitative estimate of drug-likeness (QED) is 0.866. The van der Waals surface area contributed by atoms with E-state index in [1.807, 2.05) is 0 Å². The molecule has 2 aromatic carbocycles. The van der Waals surface area contributed by atoms with Gasteiger partial charge in [-0.2, -0.15) is 0 Å². The van der Waals surface area contributed by atoms with Gasteiger partial charge in [-0.25, -0.2) is 4.79 Å². The number of ether oxygens (including phenoxy) is 4. The summed E-state index contributed by atoms with van der Waals surface area (Å²) >= 11 is 0. The Morgan fingerprint density at radius 2 is 1.84 bits per heavy atom. The van der Waals surface area contributed by atoms with Crippen LogP contribution in [-0.2, 0) is 15.3 Å². The minimum absolute atomic E-state index is 0.134. The van der Waals surface area contributed by atoms with Crippen molar-refractivity contribution in [2.45, 2.75) is 5.79 Å². The van der Waals surface area contributed by atoms with Crippen LogP contribution in [0.25, 0.3) is 5.57 Å². The Hall–Kier alpha value is -2.99. The highest BCUT2D eigenvalue weighted by molar-refractivity contribution is 6.20. The highest BCUT2D eigenvalue weighted by Crippen LogP contribution is 2.44. The third-order valence-corrected chi connectivity index (χ3v) is 4.30. The van der Waals surface area contributed by atoms with Gasteiger partial charge in [-0.1, -0.05) is 6.07 Å². The molecule has 2 aliphatic heterocycles. The first-order valence-electron chi connectivity index (χ1n) is 7.60. The Labute approximate surface area is 144 Å². The third kappa shape index (κ3) is 2.34. The van der Waals surface area contributed by atoms with E-state index in [0.29, 0.717) is 28.4 Å². The maximum absolute atomic E-state index is 12.4. The smallest absolute Gasteiger partial charge is 0.341 e. The first-order valence-corrected chi connectivity index (χ1v) is 7.60. The van der Waals surface area contributed by atoms with E-state index in [0.717, 1.165) is 0 Å². The Bertz CT molecular complexity index is 883. The Kier molecular flexibility index (Phi) is 3.43. The topological polar surface area (TPSA) is 74.2 Å². The number of esters is 1. The number of carbonyl (C=O) groups is 1. The second kappa shape index (κ2) is 5.53. The number of carbonyl (C=O) groups excluding carboxylic acids is 1. The lowest BCUT2D eigenvalue weighted by Gasteiger charge is -2.23. The van der Waals surface area contributed by atoms with Crippen molar-refractivity contribution in [3.05, 3.63) is 66.1 Å². The van der Waals surface area contributed by atoms with Gasteiger partial charge >= 0.3 is 5.97 Å². The van der Waals surface area contributed by atoms with Crippen LogP contribution >= 0.6 is 0 Å². The minimum Gasteiger partial charge on any atom is -0.497 e. The molecular weight excluding hydrogens is 324 g/mol. The molecule has 0 spiro atoms. The summed E-state index contributed by atoms with van der Waals surface area (Å²) in [6, 6.07) is 11.7. The molecule has 127 valence electrons. The van der Waals surface area contributed by atoms with Crippen LogP contribution < -0.4 is 14.2 Å². The molecule has 0 saturated carbocycles. The summed E-state index contributed by atoms with van der Waals surface area (Å²) in [7, 11) is 1.55. The monoisotopic (exact) mass is 339 g/mol. The van der Waals surface area contributed by atoms with Crippen LogP contribution in [0.4, 0.5) is 0 Å². The lowest BCUT2D eigenvalue weighted by molar-refractivity contribution is -0.183. The van der Waals surface area contributed by atoms with E-state index < -0.39 is 11.8 Å². The fraction of sp³-hybridized carbons (Fsp3) is 0.158. The van der Waals surface area contributed by atoms with Crippen molar-refractivity contribution >= 4 is 11.5 Å². The summed E-state index contributed by atoms with van der Waals surface area (Å²) in [4.78, 5) is 12.4.